The number of thiazole rings is 1. The number of Topliss-reactive ketones (excluding diaryl/α,β-unsaturated/α-hetero) is 1. The second-order valence-corrected chi connectivity index (χ2v) is 6.87. The molecule has 0 radical (unpaired) electrons. The topological polar surface area (TPSA) is 90.5 Å². The fraction of sp³-hybridized carbons (Fsp3) is 0.500. The summed E-state index contributed by atoms with van der Waals surface area (Å²) in [5.41, 5.74) is 0.605. The molecule has 2 aliphatic rings. The summed E-state index contributed by atoms with van der Waals surface area (Å²) in [4.78, 5) is 40.4. The summed E-state index contributed by atoms with van der Waals surface area (Å²) in [6.07, 6.45) is 2.26. The number of ketones is 1. The number of fused-ring (bicyclic) bond motifs is 3. The molecule has 0 saturated carbocycles. The van der Waals surface area contributed by atoms with Crippen molar-refractivity contribution in [3.63, 3.8) is 0 Å². The summed E-state index contributed by atoms with van der Waals surface area (Å²) in [6, 6.07) is -0.160. The average Bonchev–Trinajstić information content (AvgIpc) is 2.77. The molecule has 0 spiro atoms. The van der Waals surface area contributed by atoms with Crippen LogP contribution in [0.25, 0.3) is 0 Å². The van der Waals surface area contributed by atoms with Crippen molar-refractivity contribution in [3.8, 4) is 0 Å². The van der Waals surface area contributed by atoms with E-state index in [1.807, 2.05) is 4.90 Å². The lowest BCUT2D eigenvalue weighted by molar-refractivity contribution is -0.135. The third-order valence-electron chi connectivity index (χ3n) is 4.18. The average molecular weight is 308 g/mol. The highest BCUT2D eigenvalue weighted by Crippen LogP contribution is 2.41. The number of aliphatic carboxylic acids is 1. The lowest BCUT2D eigenvalue weighted by atomic mass is 9.85. The van der Waals surface area contributed by atoms with Crippen molar-refractivity contribution in [2.24, 2.45) is 5.92 Å². The molecule has 0 aromatic carbocycles. The molecule has 0 bridgehead atoms. The predicted octanol–water partition coefficient (Wildman–Crippen LogP) is 1.30. The van der Waals surface area contributed by atoms with Gasteiger partial charge in [0.15, 0.2) is 5.78 Å². The molecular weight excluding hydrogens is 292 g/mol. The Labute approximate surface area is 125 Å². The summed E-state index contributed by atoms with van der Waals surface area (Å²) >= 11 is 1.19. The number of hydrogen-bond donors (Lipinski definition) is 2. The second kappa shape index (κ2) is 4.84. The summed E-state index contributed by atoms with van der Waals surface area (Å²) in [5.74, 6) is -1.28. The van der Waals surface area contributed by atoms with Gasteiger partial charge in [-0.15, -0.1) is 0 Å². The molecule has 0 amide bonds. The van der Waals surface area contributed by atoms with Gasteiger partial charge in [-0.25, -0.2) is 4.79 Å². The van der Waals surface area contributed by atoms with E-state index in [4.69, 9.17) is 5.11 Å². The van der Waals surface area contributed by atoms with E-state index >= 15 is 0 Å². The highest BCUT2D eigenvalue weighted by atomic mass is 32.1. The van der Waals surface area contributed by atoms with Crippen molar-refractivity contribution >= 4 is 23.1 Å². The summed E-state index contributed by atoms with van der Waals surface area (Å²) in [5, 5.41) is 9.15. The largest absolute Gasteiger partial charge is 0.478 e. The molecule has 7 heteroatoms. The first-order valence-corrected chi connectivity index (χ1v) is 7.67. The van der Waals surface area contributed by atoms with Crippen molar-refractivity contribution in [2.45, 2.75) is 38.8 Å². The minimum atomic E-state index is -1.19. The van der Waals surface area contributed by atoms with E-state index < -0.39 is 5.97 Å². The first kappa shape index (κ1) is 14.1. The molecule has 0 fully saturated rings. The van der Waals surface area contributed by atoms with Crippen molar-refractivity contribution < 1.29 is 14.7 Å². The molecule has 2 atom stereocenters. The quantitative estimate of drug-likeness (QED) is 0.804. The van der Waals surface area contributed by atoms with Crippen molar-refractivity contribution in [2.75, 3.05) is 0 Å². The number of carboxylic acid groups (broad SMARTS) is 1. The maximum atomic E-state index is 12.0. The van der Waals surface area contributed by atoms with Gasteiger partial charge in [0.2, 0.25) is 0 Å². The van der Waals surface area contributed by atoms with Crippen molar-refractivity contribution in [1.29, 1.82) is 0 Å². The number of aromatic nitrogens is 1. The SMILES string of the molecule is CC(C)C1Cc2sc(=O)[nH]c2C2CC(=O)C(C(=O)O)=CN21. The van der Waals surface area contributed by atoms with Gasteiger partial charge >= 0.3 is 10.8 Å². The number of nitrogens with zero attached hydrogens (tertiary/aromatic N) is 1. The van der Waals surface area contributed by atoms with Gasteiger partial charge in [0.05, 0.1) is 11.7 Å². The van der Waals surface area contributed by atoms with Gasteiger partial charge in [0, 0.05) is 30.0 Å². The molecule has 0 aliphatic carbocycles. The smallest absolute Gasteiger partial charge is 0.340 e. The predicted molar refractivity (Wildman–Crippen MR) is 77.2 cm³/mol. The Morgan fingerprint density at radius 3 is 2.76 bits per heavy atom. The number of H-pyrrole nitrogens is 1. The Morgan fingerprint density at radius 1 is 1.43 bits per heavy atom. The molecular formula is C14H16N2O4S. The van der Waals surface area contributed by atoms with Crippen LogP contribution in [0.4, 0.5) is 0 Å². The lowest BCUT2D eigenvalue weighted by Gasteiger charge is -2.44. The minimum Gasteiger partial charge on any atom is -0.478 e. The monoisotopic (exact) mass is 308 g/mol. The fourth-order valence-corrected chi connectivity index (χ4v) is 4.06. The van der Waals surface area contributed by atoms with Crippen LogP contribution in [-0.2, 0) is 16.0 Å². The third-order valence-corrected chi connectivity index (χ3v) is 5.10. The highest BCUT2D eigenvalue weighted by Gasteiger charge is 2.41. The van der Waals surface area contributed by atoms with Crippen LogP contribution in [0.2, 0.25) is 0 Å². The first-order valence-electron chi connectivity index (χ1n) is 6.86. The van der Waals surface area contributed by atoms with E-state index in [1.165, 1.54) is 17.5 Å². The number of carboxylic acids is 1. The molecule has 0 saturated heterocycles. The van der Waals surface area contributed by atoms with Crippen LogP contribution >= 0.6 is 11.3 Å². The van der Waals surface area contributed by atoms with Crippen LogP contribution in [0.3, 0.4) is 0 Å². The van der Waals surface area contributed by atoms with E-state index in [-0.39, 0.29) is 40.7 Å². The van der Waals surface area contributed by atoms with E-state index in [0.717, 1.165) is 10.6 Å². The molecule has 2 unspecified atom stereocenters. The molecule has 3 rings (SSSR count). The van der Waals surface area contributed by atoms with E-state index in [9.17, 15) is 14.4 Å². The van der Waals surface area contributed by atoms with Crippen LogP contribution in [-0.4, -0.2) is 32.8 Å². The first-order chi connectivity index (χ1) is 9.88. The minimum absolute atomic E-state index is 0.0939. The Bertz CT molecular complexity index is 700. The summed E-state index contributed by atoms with van der Waals surface area (Å²) < 4.78 is 0. The van der Waals surface area contributed by atoms with Gasteiger partial charge in [0.1, 0.15) is 5.57 Å². The van der Waals surface area contributed by atoms with Crippen LogP contribution in [0.1, 0.15) is 36.9 Å². The Kier molecular flexibility index (Phi) is 3.24. The van der Waals surface area contributed by atoms with Crippen LogP contribution < -0.4 is 4.87 Å². The zero-order valence-corrected chi connectivity index (χ0v) is 12.6. The number of carbonyl (C=O) groups is 2. The van der Waals surface area contributed by atoms with Gasteiger partial charge in [-0.05, 0) is 5.92 Å². The molecule has 6 nitrogen and oxygen atoms in total. The third kappa shape index (κ3) is 2.21. The van der Waals surface area contributed by atoms with Gasteiger partial charge in [-0.3, -0.25) is 9.59 Å². The highest BCUT2D eigenvalue weighted by molar-refractivity contribution is 7.09. The molecule has 2 aliphatic heterocycles. The van der Waals surface area contributed by atoms with Crippen molar-refractivity contribution in [3.05, 3.63) is 32.0 Å². The maximum absolute atomic E-state index is 12.0. The van der Waals surface area contributed by atoms with E-state index in [0.29, 0.717) is 6.42 Å². The summed E-state index contributed by atoms with van der Waals surface area (Å²) in [6.45, 7) is 4.12. The molecule has 112 valence electrons. The van der Waals surface area contributed by atoms with E-state index in [2.05, 4.69) is 18.8 Å². The Balaban J connectivity index is 2.12. The van der Waals surface area contributed by atoms with Crippen LogP contribution in [0.5, 0.6) is 0 Å². The summed E-state index contributed by atoms with van der Waals surface area (Å²) in [7, 11) is 0. The molecule has 21 heavy (non-hydrogen) atoms. The number of nitrogens with one attached hydrogen (secondary N) is 1. The number of rotatable bonds is 2. The number of hydrogen-bond acceptors (Lipinski definition) is 5. The second-order valence-electron chi connectivity index (χ2n) is 5.81. The van der Waals surface area contributed by atoms with E-state index in [1.54, 1.807) is 0 Å². The molecule has 2 N–H and O–H groups in total. The normalized spacial score (nSPS) is 24.6. The van der Waals surface area contributed by atoms with Crippen molar-refractivity contribution in [1.82, 2.24) is 9.88 Å². The Hall–Kier alpha value is -1.89. The van der Waals surface area contributed by atoms with Gasteiger partial charge in [0.25, 0.3) is 0 Å². The Morgan fingerprint density at radius 2 is 2.14 bits per heavy atom. The molecule has 1 aromatic heterocycles. The molecule has 1 aromatic rings. The van der Waals surface area contributed by atoms with Crippen LogP contribution in [0.15, 0.2) is 16.6 Å². The number of carbonyl (C=O) groups excluding carboxylic acids is 1. The number of aromatic amines is 1. The standard InChI is InChI=1S/C14H16N2O4S/c1-6(2)8-4-11-12(15-14(20)21-11)9-3-10(17)7(13(18)19)5-16(8)9/h5-6,8-9H,3-4H2,1-2H3,(H,15,20)(H,18,19). The van der Waals surface area contributed by atoms with Gasteiger partial charge < -0.3 is 15.0 Å². The van der Waals surface area contributed by atoms with Gasteiger partial charge in [-0.2, -0.15) is 0 Å². The lowest BCUT2D eigenvalue weighted by Crippen LogP contribution is -2.46. The van der Waals surface area contributed by atoms with Crippen LogP contribution in [0, 0.1) is 5.92 Å². The zero-order valence-electron chi connectivity index (χ0n) is 11.8. The fourth-order valence-electron chi connectivity index (χ4n) is 3.12. The van der Waals surface area contributed by atoms with Gasteiger partial charge in [-0.1, -0.05) is 25.2 Å². The zero-order chi connectivity index (χ0) is 15.3. The maximum Gasteiger partial charge on any atom is 0.340 e. The molecule has 3 heterocycles.